The lowest BCUT2D eigenvalue weighted by Crippen LogP contribution is -2.14. The van der Waals surface area contributed by atoms with Crippen LogP contribution >= 0.6 is 11.3 Å². The molecule has 0 saturated heterocycles. The van der Waals surface area contributed by atoms with Crippen LogP contribution in [0.5, 0.6) is 0 Å². The van der Waals surface area contributed by atoms with Gasteiger partial charge >= 0.3 is 0 Å². The van der Waals surface area contributed by atoms with Crippen molar-refractivity contribution in [1.82, 2.24) is 4.98 Å². The van der Waals surface area contributed by atoms with Crippen LogP contribution in [0.25, 0.3) is 75.4 Å². The normalized spacial score (nSPS) is 13.7. The quantitative estimate of drug-likeness (QED) is 0.194. The minimum atomic E-state index is -0.0481. The number of hydrogen-bond acceptors (Lipinski definition) is 2. The van der Waals surface area contributed by atoms with Gasteiger partial charge in [-0.2, -0.15) is 0 Å². The third-order valence-electron chi connectivity index (χ3n) is 9.26. The Labute approximate surface area is 248 Å². The van der Waals surface area contributed by atoms with Crippen LogP contribution in [0, 0.1) is 0 Å². The Hall–Kier alpha value is -4.79. The summed E-state index contributed by atoms with van der Waals surface area (Å²) in [7, 11) is 0. The van der Waals surface area contributed by atoms with Crippen molar-refractivity contribution in [2.45, 2.75) is 19.3 Å². The van der Waals surface area contributed by atoms with Crippen molar-refractivity contribution in [3.05, 3.63) is 139 Å². The van der Waals surface area contributed by atoms with Crippen LogP contribution in [0.3, 0.4) is 0 Å². The molecule has 8 aromatic rings. The molecule has 1 nitrogen and oxygen atoms in total. The maximum atomic E-state index is 5.33. The molecule has 6 aromatic carbocycles. The highest BCUT2D eigenvalue weighted by Crippen LogP contribution is 2.53. The number of rotatable bonds is 2. The average molecular weight is 554 g/mol. The minimum Gasteiger partial charge on any atom is -0.247 e. The van der Waals surface area contributed by atoms with Gasteiger partial charge < -0.3 is 0 Å². The van der Waals surface area contributed by atoms with E-state index >= 15 is 0 Å². The molecule has 0 radical (unpaired) electrons. The first-order valence-electron chi connectivity index (χ1n) is 14.6. The number of para-hydroxylation sites is 1. The van der Waals surface area contributed by atoms with Gasteiger partial charge in [-0.25, -0.2) is 4.98 Å². The van der Waals surface area contributed by atoms with Crippen molar-refractivity contribution >= 4 is 53.2 Å². The summed E-state index contributed by atoms with van der Waals surface area (Å²) in [4.78, 5) is 5.33. The minimum absolute atomic E-state index is 0.0481. The van der Waals surface area contributed by atoms with Gasteiger partial charge in [0, 0.05) is 47.3 Å². The summed E-state index contributed by atoms with van der Waals surface area (Å²) >= 11 is 1.88. The Kier molecular flexibility index (Phi) is 4.89. The SMILES string of the molecule is CC1(C)c2ccccc2-c2c1ccc1c(-c3cccc(-c4cccc5c4sc4ccccc45)c3)nc3ccccc3c21. The van der Waals surface area contributed by atoms with Crippen molar-refractivity contribution in [3.8, 4) is 33.5 Å². The molecule has 2 heteroatoms. The van der Waals surface area contributed by atoms with Crippen molar-refractivity contribution in [2.24, 2.45) is 0 Å². The maximum absolute atomic E-state index is 5.33. The standard InChI is InChI=1S/C40H27NS/c1-40(2)32-18-6-3-14-29(32)37-33(40)22-21-31-36(37)30-15-4-7-19-34(30)41-38(31)25-12-9-11-24(23-25)26-16-10-17-28-27-13-5-8-20-35(27)42-39(26)28/h3-23H,1-2H3. The van der Waals surface area contributed by atoms with Crippen LogP contribution in [-0.4, -0.2) is 4.98 Å². The molecule has 0 unspecified atom stereocenters. The summed E-state index contributed by atoms with van der Waals surface area (Å²) in [6, 6.07) is 46.6. The predicted molar refractivity (Wildman–Crippen MR) is 181 cm³/mol. The van der Waals surface area contributed by atoms with Gasteiger partial charge in [0.25, 0.3) is 0 Å². The second-order valence-corrected chi connectivity index (χ2v) is 13.0. The molecule has 0 spiro atoms. The van der Waals surface area contributed by atoms with Gasteiger partial charge in [-0.1, -0.05) is 123 Å². The van der Waals surface area contributed by atoms with Crippen LogP contribution in [0.2, 0.25) is 0 Å². The number of nitrogens with zero attached hydrogens (tertiary/aromatic N) is 1. The smallest absolute Gasteiger partial charge is 0.0788 e. The van der Waals surface area contributed by atoms with E-state index < -0.39 is 0 Å². The molecule has 0 atom stereocenters. The summed E-state index contributed by atoms with van der Waals surface area (Å²) in [5, 5.41) is 6.38. The number of hydrogen-bond donors (Lipinski definition) is 0. The number of fused-ring (bicyclic) bond motifs is 10. The first kappa shape index (κ1) is 23.9. The topological polar surface area (TPSA) is 12.9 Å². The third-order valence-corrected chi connectivity index (χ3v) is 10.5. The molecule has 0 aliphatic heterocycles. The molecular weight excluding hydrogens is 527 g/mol. The van der Waals surface area contributed by atoms with E-state index in [-0.39, 0.29) is 5.41 Å². The summed E-state index contributed by atoms with van der Waals surface area (Å²) in [5.74, 6) is 0. The van der Waals surface area contributed by atoms with Crippen LogP contribution in [0.1, 0.15) is 25.0 Å². The molecule has 1 aliphatic rings. The summed E-state index contributed by atoms with van der Waals surface area (Å²) in [6.45, 7) is 4.71. The zero-order valence-corrected chi connectivity index (χ0v) is 24.3. The fraction of sp³-hybridized carbons (Fsp3) is 0.0750. The zero-order valence-electron chi connectivity index (χ0n) is 23.5. The molecule has 0 bridgehead atoms. The summed E-state index contributed by atoms with van der Waals surface area (Å²) in [5.41, 5.74) is 11.2. The molecule has 42 heavy (non-hydrogen) atoms. The fourth-order valence-corrected chi connectivity index (χ4v) is 8.50. The number of pyridine rings is 1. The van der Waals surface area contributed by atoms with Gasteiger partial charge in [0.15, 0.2) is 0 Å². The van der Waals surface area contributed by atoms with E-state index in [4.69, 9.17) is 4.98 Å². The monoisotopic (exact) mass is 553 g/mol. The van der Waals surface area contributed by atoms with Crippen LogP contribution in [0.4, 0.5) is 0 Å². The Balaban J connectivity index is 1.33. The molecule has 0 N–H and O–H groups in total. The third kappa shape index (κ3) is 3.22. The molecule has 0 saturated carbocycles. The first-order chi connectivity index (χ1) is 20.6. The number of aromatic nitrogens is 1. The van der Waals surface area contributed by atoms with Crippen molar-refractivity contribution in [1.29, 1.82) is 0 Å². The molecule has 1 aliphatic carbocycles. The van der Waals surface area contributed by atoms with Gasteiger partial charge in [0.2, 0.25) is 0 Å². The second kappa shape index (κ2) is 8.61. The Morgan fingerprint density at radius 2 is 1.26 bits per heavy atom. The first-order valence-corrected chi connectivity index (χ1v) is 15.4. The fourth-order valence-electron chi connectivity index (χ4n) is 7.26. The van der Waals surface area contributed by atoms with Crippen molar-refractivity contribution in [3.63, 3.8) is 0 Å². The van der Waals surface area contributed by atoms with Crippen LogP contribution in [-0.2, 0) is 5.41 Å². The van der Waals surface area contributed by atoms with E-state index in [1.54, 1.807) is 0 Å². The van der Waals surface area contributed by atoms with Crippen LogP contribution < -0.4 is 0 Å². The molecule has 9 rings (SSSR count). The van der Waals surface area contributed by atoms with Gasteiger partial charge in [-0.05, 0) is 51.6 Å². The lowest BCUT2D eigenvalue weighted by Gasteiger charge is -2.22. The molecule has 0 amide bonds. The van der Waals surface area contributed by atoms with E-state index in [1.807, 2.05) is 11.3 Å². The van der Waals surface area contributed by atoms with E-state index in [1.165, 1.54) is 69.7 Å². The van der Waals surface area contributed by atoms with Crippen molar-refractivity contribution in [2.75, 3.05) is 0 Å². The molecule has 2 aromatic heterocycles. The lowest BCUT2D eigenvalue weighted by atomic mass is 9.81. The van der Waals surface area contributed by atoms with E-state index in [0.717, 1.165) is 16.8 Å². The van der Waals surface area contributed by atoms with E-state index in [9.17, 15) is 0 Å². The lowest BCUT2D eigenvalue weighted by molar-refractivity contribution is 0.661. The van der Waals surface area contributed by atoms with E-state index in [2.05, 4.69) is 141 Å². The maximum Gasteiger partial charge on any atom is 0.0788 e. The predicted octanol–water partition coefficient (Wildman–Crippen LogP) is 11.4. The van der Waals surface area contributed by atoms with Gasteiger partial charge in [-0.15, -0.1) is 11.3 Å². The second-order valence-electron chi connectivity index (χ2n) is 11.9. The van der Waals surface area contributed by atoms with E-state index in [0.29, 0.717) is 0 Å². The zero-order chi connectivity index (χ0) is 28.0. The Morgan fingerprint density at radius 1 is 0.548 bits per heavy atom. The highest BCUT2D eigenvalue weighted by atomic mass is 32.1. The largest absolute Gasteiger partial charge is 0.247 e. The molecule has 198 valence electrons. The van der Waals surface area contributed by atoms with Gasteiger partial charge in [0.05, 0.1) is 11.2 Å². The van der Waals surface area contributed by atoms with Gasteiger partial charge in [-0.3, -0.25) is 0 Å². The average Bonchev–Trinajstić information content (AvgIpc) is 3.53. The highest BCUT2D eigenvalue weighted by molar-refractivity contribution is 7.26. The van der Waals surface area contributed by atoms with Gasteiger partial charge in [0.1, 0.15) is 0 Å². The number of thiophene rings is 1. The van der Waals surface area contributed by atoms with Crippen LogP contribution in [0.15, 0.2) is 127 Å². The van der Waals surface area contributed by atoms with Crippen molar-refractivity contribution < 1.29 is 0 Å². The summed E-state index contributed by atoms with van der Waals surface area (Å²) in [6.07, 6.45) is 0. The molecular formula is C40H27NS. The highest BCUT2D eigenvalue weighted by Gasteiger charge is 2.36. The Morgan fingerprint density at radius 3 is 2.19 bits per heavy atom. The molecule has 2 heterocycles. The Bertz CT molecular complexity index is 2390. The molecule has 0 fully saturated rings. The number of benzene rings is 6. The summed E-state index contributed by atoms with van der Waals surface area (Å²) < 4.78 is 2.67.